The number of ether oxygens (including phenoxy) is 4. The molecule has 55 heavy (non-hydrogen) atoms. The zero-order chi connectivity index (χ0) is 40.2. The van der Waals surface area contributed by atoms with Crippen molar-refractivity contribution in [3.8, 4) is 0 Å². The topological polar surface area (TPSA) is 152 Å². The van der Waals surface area contributed by atoms with Crippen molar-refractivity contribution >= 4 is 11.9 Å². The summed E-state index contributed by atoms with van der Waals surface area (Å²) in [6.45, 7) is 3.36. The third-order valence-corrected chi connectivity index (χ3v) is 10.0. The Hall–Kier alpha value is -2.08. The van der Waals surface area contributed by atoms with E-state index < -0.39 is 49.4 Å². The molecule has 0 radical (unpaired) electrons. The number of hydrogen-bond acceptors (Lipinski definition) is 10. The maximum absolute atomic E-state index is 12.7. The zero-order valence-electron chi connectivity index (χ0n) is 34.7. The van der Waals surface area contributed by atoms with Gasteiger partial charge in [0, 0.05) is 12.8 Å². The van der Waals surface area contributed by atoms with Crippen LogP contribution >= 0.6 is 0 Å². The highest BCUT2D eigenvalue weighted by atomic mass is 16.7. The Bertz CT molecular complexity index is 996. The van der Waals surface area contributed by atoms with Crippen molar-refractivity contribution in [3.63, 3.8) is 0 Å². The molecule has 0 aliphatic carbocycles. The van der Waals surface area contributed by atoms with E-state index in [0.717, 1.165) is 38.5 Å². The van der Waals surface area contributed by atoms with Crippen molar-refractivity contribution in [2.24, 2.45) is 0 Å². The highest BCUT2D eigenvalue weighted by molar-refractivity contribution is 5.70. The SMILES string of the molecule is CCCCCCCC/C=C/C/C=C/C/C=C/CCCC(=O)O[C@H](COC(=O)CCCCCCCCCCCCCCC)CO[C@@H]1O[C@H](CO)[C@H](O)C(O)C1O. The van der Waals surface area contributed by atoms with Crippen LogP contribution in [0.25, 0.3) is 0 Å². The summed E-state index contributed by atoms with van der Waals surface area (Å²) >= 11 is 0. The summed E-state index contributed by atoms with van der Waals surface area (Å²) in [6.07, 6.45) is 33.0. The fraction of sp³-hybridized carbons (Fsp3) is 0.822. The minimum absolute atomic E-state index is 0.160. The normalized spacial score (nSPS) is 20.9. The van der Waals surface area contributed by atoms with Crippen molar-refractivity contribution in [3.05, 3.63) is 36.5 Å². The van der Waals surface area contributed by atoms with Gasteiger partial charge in [-0.3, -0.25) is 9.59 Å². The molecule has 1 rings (SSSR count). The van der Waals surface area contributed by atoms with Crippen LogP contribution in [0.2, 0.25) is 0 Å². The molecule has 1 aliphatic rings. The first-order chi connectivity index (χ1) is 26.8. The van der Waals surface area contributed by atoms with Crippen molar-refractivity contribution < 1.29 is 49.0 Å². The Balaban J connectivity index is 2.38. The number of aliphatic hydroxyl groups excluding tert-OH is 4. The summed E-state index contributed by atoms with van der Waals surface area (Å²) in [4.78, 5) is 25.3. The molecule has 320 valence electrons. The number of unbranched alkanes of at least 4 members (excludes halogenated alkanes) is 19. The molecule has 1 heterocycles. The molecular weight excluding hydrogens is 700 g/mol. The van der Waals surface area contributed by atoms with E-state index in [0.29, 0.717) is 12.8 Å². The summed E-state index contributed by atoms with van der Waals surface area (Å²) in [6, 6.07) is 0. The van der Waals surface area contributed by atoms with E-state index in [-0.39, 0.29) is 32.0 Å². The van der Waals surface area contributed by atoms with Gasteiger partial charge in [0.15, 0.2) is 12.4 Å². The van der Waals surface area contributed by atoms with Gasteiger partial charge in [-0.15, -0.1) is 0 Å². The van der Waals surface area contributed by atoms with Crippen molar-refractivity contribution in [1.29, 1.82) is 0 Å². The van der Waals surface area contributed by atoms with Crippen LogP contribution in [0.5, 0.6) is 0 Å². The van der Waals surface area contributed by atoms with Crippen LogP contribution in [-0.4, -0.2) is 89.0 Å². The Morgan fingerprint density at radius 3 is 1.58 bits per heavy atom. The van der Waals surface area contributed by atoms with E-state index in [1.165, 1.54) is 103 Å². The summed E-state index contributed by atoms with van der Waals surface area (Å²) in [5.41, 5.74) is 0. The van der Waals surface area contributed by atoms with E-state index in [4.69, 9.17) is 18.9 Å². The Morgan fingerprint density at radius 2 is 1.04 bits per heavy atom. The maximum Gasteiger partial charge on any atom is 0.306 e. The smallest absolute Gasteiger partial charge is 0.306 e. The molecule has 1 aliphatic heterocycles. The second kappa shape index (κ2) is 36.3. The number of rotatable bonds is 36. The molecule has 10 heteroatoms. The lowest BCUT2D eigenvalue weighted by Gasteiger charge is -2.39. The van der Waals surface area contributed by atoms with Crippen LogP contribution in [0.15, 0.2) is 36.5 Å². The molecule has 1 fully saturated rings. The predicted molar refractivity (Wildman–Crippen MR) is 219 cm³/mol. The Morgan fingerprint density at radius 1 is 0.564 bits per heavy atom. The third-order valence-electron chi connectivity index (χ3n) is 10.0. The molecule has 0 aromatic carbocycles. The number of allylic oxidation sites excluding steroid dienone is 6. The van der Waals surface area contributed by atoms with Gasteiger partial charge in [0.2, 0.25) is 0 Å². The lowest BCUT2D eigenvalue weighted by atomic mass is 9.99. The summed E-state index contributed by atoms with van der Waals surface area (Å²) in [5, 5.41) is 40.0. The molecule has 0 spiro atoms. The fourth-order valence-corrected chi connectivity index (χ4v) is 6.50. The van der Waals surface area contributed by atoms with Crippen LogP contribution in [-0.2, 0) is 28.5 Å². The van der Waals surface area contributed by atoms with E-state index >= 15 is 0 Å². The molecule has 4 N–H and O–H groups in total. The van der Waals surface area contributed by atoms with Gasteiger partial charge in [-0.05, 0) is 44.9 Å². The molecule has 2 unspecified atom stereocenters. The van der Waals surface area contributed by atoms with E-state index in [1.807, 2.05) is 6.08 Å². The van der Waals surface area contributed by atoms with Crippen LogP contribution in [0, 0.1) is 0 Å². The van der Waals surface area contributed by atoms with E-state index in [2.05, 4.69) is 44.2 Å². The average Bonchev–Trinajstić information content (AvgIpc) is 3.18. The third kappa shape index (κ3) is 28.0. The van der Waals surface area contributed by atoms with Crippen molar-refractivity contribution in [2.45, 2.75) is 218 Å². The molecule has 0 amide bonds. The molecule has 0 aromatic rings. The van der Waals surface area contributed by atoms with E-state index in [9.17, 15) is 30.0 Å². The lowest BCUT2D eigenvalue weighted by molar-refractivity contribution is -0.305. The monoisotopic (exact) mass is 781 g/mol. The first-order valence-electron chi connectivity index (χ1n) is 22.1. The van der Waals surface area contributed by atoms with Gasteiger partial charge in [-0.2, -0.15) is 0 Å². The highest BCUT2D eigenvalue weighted by Gasteiger charge is 2.44. The minimum Gasteiger partial charge on any atom is -0.462 e. The van der Waals surface area contributed by atoms with Gasteiger partial charge in [-0.1, -0.05) is 159 Å². The fourth-order valence-electron chi connectivity index (χ4n) is 6.50. The van der Waals surface area contributed by atoms with Crippen molar-refractivity contribution in [1.82, 2.24) is 0 Å². The average molecular weight is 781 g/mol. The van der Waals surface area contributed by atoms with Crippen LogP contribution in [0.3, 0.4) is 0 Å². The molecule has 1 saturated heterocycles. The van der Waals surface area contributed by atoms with Crippen LogP contribution < -0.4 is 0 Å². The van der Waals surface area contributed by atoms with Gasteiger partial charge >= 0.3 is 11.9 Å². The predicted octanol–water partition coefficient (Wildman–Crippen LogP) is 9.11. The van der Waals surface area contributed by atoms with Gasteiger partial charge in [0.05, 0.1) is 13.2 Å². The first-order valence-corrected chi connectivity index (χ1v) is 22.1. The highest BCUT2D eigenvalue weighted by Crippen LogP contribution is 2.22. The van der Waals surface area contributed by atoms with Gasteiger partial charge in [0.1, 0.15) is 31.0 Å². The molecule has 6 atom stereocenters. The molecule has 0 aromatic heterocycles. The summed E-state index contributed by atoms with van der Waals surface area (Å²) in [5.74, 6) is -0.865. The zero-order valence-corrected chi connectivity index (χ0v) is 34.7. The summed E-state index contributed by atoms with van der Waals surface area (Å²) < 4.78 is 22.1. The van der Waals surface area contributed by atoms with Crippen LogP contribution in [0.1, 0.15) is 181 Å². The van der Waals surface area contributed by atoms with Gasteiger partial charge in [-0.25, -0.2) is 0 Å². The second-order valence-corrected chi connectivity index (χ2v) is 15.2. The molecular formula is C45H80O10. The Kier molecular flexibility index (Phi) is 33.6. The quantitative estimate of drug-likeness (QED) is 0.0275. The lowest BCUT2D eigenvalue weighted by Crippen LogP contribution is -2.59. The maximum atomic E-state index is 12.7. The Labute approximate surface area is 334 Å². The standard InChI is InChI=1S/C45H80O10/c1-3-5-7-9-11-13-15-17-18-19-20-22-24-26-28-30-32-34-41(48)54-38(37-53-45-44(51)43(50)42(49)39(35-46)55-45)36-52-40(47)33-31-29-27-25-23-21-16-14-12-10-8-6-4-2/h17-18,20,22,26,28,38-39,42-46,49-51H,3-16,19,21,23-25,27,29-37H2,1-2H3/b18-17+,22-20+,28-26+/t38-,39-,42+,43?,44?,45-/m1/s1. The molecule has 0 bridgehead atoms. The molecule has 10 nitrogen and oxygen atoms in total. The second-order valence-electron chi connectivity index (χ2n) is 15.2. The summed E-state index contributed by atoms with van der Waals surface area (Å²) in [7, 11) is 0. The van der Waals surface area contributed by atoms with Crippen molar-refractivity contribution in [2.75, 3.05) is 19.8 Å². The van der Waals surface area contributed by atoms with Gasteiger partial charge in [0.25, 0.3) is 0 Å². The largest absolute Gasteiger partial charge is 0.462 e. The number of esters is 2. The minimum atomic E-state index is -1.60. The number of carbonyl (C=O) groups is 2. The van der Waals surface area contributed by atoms with Gasteiger partial charge < -0.3 is 39.4 Å². The van der Waals surface area contributed by atoms with E-state index in [1.54, 1.807) is 0 Å². The number of carbonyl (C=O) groups excluding carboxylic acids is 2. The number of aliphatic hydroxyl groups is 4. The first kappa shape index (κ1) is 50.9. The van der Waals surface area contributed by atoms with Crippen LogP contribution in [0.4, 0.5) is 0 Å². The molecule has 0 saturated carbocycles. The number of hydrogen-bond donors (Lipinski definition) is 4.